The Balaban J connectivity index is 1.79. The van der Waals surface area contributed by atoms with Crippen molar-refractivity contribution in [3.8, 4) is 5.75 Å². The van der Waals surface area contributed by atoms with Crippen molar-refractivity contribution in [1.82, 2.24) is 10.6 Å². The minimum atomic E-state index is -4.77. The van der Waals surface area contributed by atoms with Crippen LogP contribution >= 0.6 is 0 Å². The molecule has 0 saturated carbocycles. The first-order chi connectivity index (χ1) is 11.4. The largest absolute Gasteiger partial charge is 0.573 e. The number of hydrogen-bond donors (Lipinski definition) is 2. The van der Waals surface area contributed by atoms with E-state index in [1.807, 2.05) is 30.3 Å². The molecule has 0 fully saturated rings. The maximum absolute atomic E-state index is 12.3. The molecule has 0 aromatic heterocycles. The second-order valence-electron chi connectivity index (χ2n) is 5.00. The SMILES string of the molecule is O=C(NCCc1ccccc1)NCc1ccccc1OC(F)(F)F. The number of carbonyl (C=O) groups excluding carboxylic acids is 1. The van der Waals surface area contributed by atoms with E-state index in [2.05, 4.69) is 15.4 Å². The van der Waals surface area contributed by atoms with Gasteiger partial charge < -0.3 is 15.4 Å². The summed E-state index contributed by atoms with van der Waals surface area (Å²) in [4.78, 5) is 11.7. The Morgan fingerprint density at radius 3 is 2.33 bits per heavy atom. The maximum atomic E-state index is 12.3. The van der Waals surface area contributed by atoms with Crippen LogP contribution < -0.4 is 15.4 Å². The molecule has 2 aromatic carbocycles. The lowest BCUT2D eigenvalue weighted by molar-refractivity contribution is -0.274. The summed E-state index contributed by atoms with van der Waals surface area (Å²) in [6, 6.07) is 14.9. The number of rotatable bonds is 6. The Labute approximate surface area is 137 Å². The van der Waals surface area contributed by atoms with Crippen molar-refractivity contribution < 1.29 is 22.7 Å². The molecule has 0 atom stereocenters. The van der Waals surface area contributed by atoms with Gasteiger partial charge in [0.2, 0.25) is 0 Å². The molecule has 24 heavy (non-hydrogen) atoms. The first-order valence-electron chi connectivity index (χ1n) is 7.33. The number of amides is 2. The van der Waals surface area contributed by atoms with Crippen LogP contribution in [0.1, 0.15) is 11.1 Å². The molecule has 2 amide bonds. The summed E-state index contributed by atoms with van der Waals surface area (Å²) >= 11 is 0. The second-order valence-corrected chi connectivity index (χ2v) is 5.00. The zero-order valence-electron chi connectivity index (χ0n) is 12.8. The molecule has 0 saturated heterocycles. The fraction of sp³-hybridized carbons (Fsp3) is 0.235. The third-order valence-electron chi connectivity index (χ3n) is 3.18. The molecular weight excluding hydrogens is 321 g/mol. The van der Waals surface area contributed by atoms with Gasteiger partial charge in [0.1, 0.15) is 5.75 Å². The van der Waals surface area contributed by atoms with Gasteiger partial charge in [-0.1, -0.05) is 48.5 Å². The summed E-state index contributed by atoms with van der Waals surface area (Å²) < 4.78 is 40.9. The molecule has 0 heterocycles. The van der Waals surface area contributed by atoms with Crippen molar-refractivity contribution >= 4 is 6.03 Å². The quantitative estimate of drug-likeness (QED) is 0.845. The van der Waals surface area contributed by atoms with Gasteiger partial charge in [0.15, 0.2) is 0 Å². The molecule has 0 aliphatic heterocycles. The molecule has 2 rings (SSSR count). The van der Waals surface area contributed by atoms with Gasteiger partial charge in [-0.05, 0) is 18.1 Å². The number of benzene rings is 2. The summed E-state index contributed by atoms with van der Waals surface area (Å²) in [7, 11) is 0. The lowest BCUT2D eigenvalue weighted by Crippen LogP contribution is -2.36. The number of para-hydroxylation sites is 1. The molecular formula is C17H17F3N2O2. The van der Waals surface area contributed by atoms with Gasteiger partial charge in [0.25, 0.3) is 0 Å². The monoisotopic (exact) mass is 338 g/mol. The third-order valence-corrected chi connectivity index (χ3v) is 3.18. The van der Waals surface area contributed by atoms with E-state index < -0.39 is 12.4 Å². The normalized spacial score (nSPS) is 11.0. The maximum Gasteiger partial charge on any atom is 0.573 e. The third kappa shape index (κ3) is 6.20. The van der Waals surface area contributed by atoms with Crippen molar-refractivity contribution in [1.29, 1.82) is 0 Å². The number of ether oxygens (including phenoxy) is 1. The van der Waals surface area contributed by atoms with Crippen molar-refractivity contribution in [3.63, 3.8) is 0 Å². The number of halogens is 3. The van der Waals surface area contributed by atoms with Crippen LogP contribution in [0.25, 0.3) is 0 Å². The standard InChI is InChI=1S/C17H17F3N2O2/c18-17(19,20)24-15-9-5-4-8-14(15)12-22-16(23)21-11-10-13-6-2-1-3-7-13/h1-9H,10-12H2,(H2,21,22,23). The van der Waals surface area contributed by atoms with E-state index in [9.17, 15) is 18.0 Å². The van der Waals surface area contributed by atoms with Crippen LogP contribution in [0.4, 0.5) is 18.0 Å². The van der Waals surface area contributed by atoms with Crippen LogP contribution in [0.15, 0.2) is 54.6 Å². The van der Waals surface area contributed by atoms with E-state index in [4.69, 9.17) is 0 Å². The van der Waals surface area contributed by atoms with Gasteiger partial charge in [-0.15, -0.1) is 13.2 Å². The second kappa shape index (κ2) is 8.24. The first-order valence-corrected chi connectivity index (χ1v) is 7.33. The Morgan fingerprint density at radius 1 is 0.958 bits per heavy atom. The summed E-state index contributed by atoms with van der Waals surface area (Å²) in [5, 5.41) is 5.17. The van der Waals surface area contributed by atoms with Crippen LogP contribution in [0, 0.1) is 0 Å². The highest BCUT2D eigenvalue weighted by Gasteiger charge is 2.31. The van der Waals surface area contributed by atoms with Crippen molar-refractivity contribution in [2.45, 2.75) is 19.3 Å². The van der Waals surface area contributed by atoms with Gasteiger partial charge >= 0.3 is 12.4 Å². The summed E-state index contributed by atoms with van der Waals surface area (Å²) in [6.07, 6.45) is -4.10. The molecule has 0 aliphatic carbocycles. The predicted molar refractivity (Wildman–Crippen MR) is 83.5 cm³/mol. The fourth-order valence-electron chi connectivity index (χ4n) is 2.08. The lowest BCUT2D eigenvalue weighted by atomic mass is 10.1. The average molecular weight is 338 g/mol. The summed E-state index contributed by atoms with van der Waals surface area (Å²) in [6.45, 7) is 0.361. The van der Waals surface area contributed by atoms with Crippen LogP contribution in [0.5, 0.6) is 5.75 Å². The van der Waals surface area contributed by atoms with Gasteiger partial charge in [0, 0.05) is 18.7 Å². The zero-order chi connectivity index (χ0) is 17.4. The zero-order valence-corrected chi connectivity index (χ0v) is 12.8. The van der Waals surface area contributed by atoms with Crippen LogP contribution in [0.3, 0.4) is 0 Å². The minimum absolute atomic E-state index is 0.0660. The van der Waals surface area contributed by atoms with Gasteiger partial charge in [-0.2, -0.15) is 0 Å². The smallest absolute Gasteiger partial charge is 0.405 e. The summed E-state index contributed by atoms with van der Waals surface area (Å²) in [5.74, 6) is -0.324. The Bertz CT molecular complexity index is 660. The van der Waals surface area contributed by atoms with Crippen molar-refractivity contribution in [2.75, 3.05) is 6.54 Å². The van der Waals surface area contributed by atoms with Crippen LogP contribution in [-0.4, -0.2) is 18.9 Å². The molecule has 0 spiro atoms. The van der Waals surface area contributed by atoms with Crippen molar-refractivity contribution in [2.24, 2.45) is 0 Å². The average Bonchev–Trinajstić information content (AvgIpc) is 2.54. The number of urea groups is 1. The molecule has 0 aliphatic rings. The minimum Gasteiger partial charge on any atom is -0.405 e. The topological polar surface area (TPSA) is 50.4 Å². The summed E-state index contributed by atoms with van der Waals surface area (Å²) in [5.41, 5.74) is 1.33. The Morgan fingerprint density at radius 2 is 1.62 bits per heavy atom. The van der Waals surface area contributed by atoms with Gasteiger partial charge in [0.05, 0.1) is 0 Å². The first kappa shape index (κ1) is 17.7. The van der Waals surface area contributed by atoms with E-state index in [0.29, 0.717) is 13.0 Å². The highest BCUT2D eigenvalue weighted by Crippen LogP contribution is 2.25. The van der Waals surface area contributed by atoms with E-state index in [1.54, 1.807) is 6.07 Å². The molecule has 2 N–H and O–H groups in total. The molecule has 7 heteroatoms. The Kier molecular flexibility index (Phi) is 6.06. The van der Waals surface area contributed by atoms with Gasteiger partial charge in [-0.3, -0.25) is 0 Å². The lowest BCUT2D eigenvalue weighted by Gasteiger charge is -2.14. The van der Waals surface area contributed by atoms with E-state index in [1.165, 1.54) is 18.2 Å². The molecule has 0 radical (unpaired) electrons. The predicted octanol–water partition coefficient (Wildman–Crippen LogP) is 3.63. The highest BCUT2D eigenvalue weighted by atomic mass is 19.4. The number of alkyl halides is 3. The number of carbonyl (C=O) groups is 1. The molecule has 2 aromatic rings. The molecule has 128 valence electrons. The molecule has 0 bridgehead atoms. The van der Waals surface area contributed by atoms with E-state index in [0.717, 1.165) is 5.56 Å². The van der Waals surface area contributed by atoms with Crippen LogP contribution in [-0.2, 0) is 13.0 Å². The molecule has 0 unspecified atom stereocenters. The van der Waals surface area contributed by atoms with Crippen LogP contribution in [0.2, 0.25) is 0 Å². The molecule has 4 nitrogen and oxygen atoms in total. The number of nitrogens with one attached hydrogen (secondary N) is 2. The van der Waals surface area contributed by atoms with Crippen molar-refractivity contribution in [3.05, 3.63) is 65.7 Å². The van der Waals surface area contributed by atoms with E-state index >= 15 is 0 Å². The number of hydrogen-bond acceptors (Lipinski definition) is 2. The fourth-order valence-corrected chi connectivity index (χ4v) is 2.08. The van der Waals surface area contributed by atoms with E-state index in [-0.39, 0.29) is 17.9 Å². The Hall–Kier alpha value is -2.70. The highest BCUT2D eigenvalue weighted by molar-refractivity contribution is 5.73. The van der Waals surface area contributed by atoms with Gasteiger partial charge in [-0.25, -0.2) is 4.79 Å².